The fourth-order valence-corrected chi connectivity index (χ4v) is 0.608. The van der Waals surface area contributed by atoms with Gasteiger partial charge in [0.1, 0.15) is 10.9 Å². The Kier molecular flexibility index (Phi) is 1.05. The molecular formula is C5H8O2S. The lowest BCUT2D eigenvalue weighted by molar-refractivity contribution is -0.174. The largest absolute Gasteiger partial charge is 0.459 e. The molecule has 46 valence electrons. The maximum absolute atomic E-state index is 10.5. The molecule has 3 heteroatoms. The van der Waals surface area contributed by atoms with Gasteiger partial charge in [0.15, 0.2) is 0 Å². The number of thiol groups is 1. The third-order valence-electron chi connectivity index (χ3n) is 1.49. The van der Waals surface area contributed by atoms with E-state index in [-0.39, 0.29) is 12.1 Å². The van der Waals surface area contributed by atoms with Crippen LogP contribution >= 0.6 is 12.6 Å². The van der Waals surface area contributed by atoms with Crippen LogP contribution in [0, 0.1) is 0 Å². The Morgan fingerprint density at radius 2 is 2.38 bits per heavy atom. The summed E-state index contributed by atoms with van der Waals surface area (Å²) in [6, 6.07) is 0. The highest BCUT2D eigenvalue weighted by atomic mass is 32.1. The van der Waals surface area contributed by atoms with Gasteiger partial charge in [-0.15, -0.1) is 0 Å². The molecule has 0 radical (unpaired) electrons. The normalized spacial score (nSPS) is 45.4. The van der Waals surface area contributed by atoms with Crippen molar-refractivity contribution in [1.82, 2.24) is 0 Å². The quantitative estimate of drug-likeness (QED) is 0.386. The van der Waals surface area contributed by atoms with Gasteiger partial charge in [-0.3, -0.25) is 4.79 Å². The highest BCUT2D eigenvalue weighted by Gasteiger charge is 2.48. The molecule has 0 saturated carbocycles. The minimum Gasteiger partial charge on any atom is -0.459 e. The van der Waals surface area contributed by atoms with Crippen molar-refractivity contribution in [3.05, 3.63) is 0 Å². The standard InChI is InChI=1S/C5H8O2S/c1-3-5(2,8)4(6)7-3/h3,8H,1-2H3. The number of carbonyl (C=O) groups excluding carboxylic acids is 1. The molecule has 0 spiro atoms. The molecule has 0 aromatic carbocycles. The number of rotatable bonds is 0. The molecule has 2 atom stereocenters. The van der Waals surface area contributed by atoms with Crippen molar-refractivity contribution in [3.63, 3.8) is 0 Å². The Morgan fingerprint density at radius 3 is 2.38 bits per heavy atom. The lowest BCUT2D eigenvalue weighted by Crippen LogP contribution is -2.55. The predicted octanol–water partition coefficient (Wildman–Crippen LogP) is 0.620. The van der Waals surface area contributed by atoms with Crippen LogP contribution in [0.4, 0.5) is 0 Å². The molecule has 1 heterocycles. The Balaban J connectivity index is 2.66. The van der Waals surface area contributed by atoms with E-state index in [2.05, 4.69) is 17.4 Å². The molecule has 0 aromatic rings. The number of hydrogen-bond acceptors (Lipinski definition) is 3. The van der Waals surface area contributed by atoms with Gasteiger partial charge in [0, 0.05) is 0 Å². The average molecular weight is 132 g/mol. The second-order valence-electron chi connectivity index (χ2n) is 2.20. The Bertz CT molecular complexity index is 130. The molecule has 2 unspecified atom stereocenters. The number of hydrogen-bond donors (Lipinski definition) is 1. The first-order chi connectivity index (χ1) is 3.55. The fraction of sp³-hybridized carbons (Fsp3) is 0.800. The molecule has 8 heavy (non-hydrogen) atoms. The summed E-state index contributed by atoms with van der Waals surface area (Å²) in [6.45, 7) is 3.58. The van der Waals surface area contributed by atoms with Gasteiger partial charge in [0.25, 0.3) is 0 Å². The van der Waals surface area contributed by atoms with Crippen LogP contribution in [0.1, 0.15) is 13.8 Å². The van der Waals surface area contributed by atoms with E-state index in [4.69, 9.17) is 0 Å². The van der Waals surface area contributed by atoms with Crippen LogP contribution in [0.3, 0.4) is 0 Å². The summed E-state index contributed by atoms with van der Waals surface area (Å²) in [5.74, 6) is -0.215. The SMILES string of the molecule is CC1OC(=O)C1(C)S. The van der Waals surface area contributed by atoms with Crippen LogP contribution in [0.15, 0.2) is 0 Å². The maximum Gasteiger partial charge on any atom is 0.325 e. The number of ether oxygens (including phenoxy) is 1. The lowest BCUT2D eigenvalue weighted by Gasteiger charge is -2.38. The zero-order valence-corrected chi connectivity index (χ0v) is 5.74. The number of cyclic esters (lactones) is 1. The molecule has 0 N–H and O–H groups in total. The van der Waals surface area contributed by atoms with Gasteiger partial charge >= 0.3 is 5.97 Å². The second-order valence-corrected chi connectivity index (χ2v) is 3.12. The Hall–Kier alpha value is -0.180. The minimum atomic E-state index is -0.528. The van der Waals surface area contributed by atoms with E-state index >= 15 is 0 Å². The van der Waals surface area contributed by atoms with Crippen molar-refractivity contribution >= 4 is 18.6 Å². The molecule has 1 aliphatic heterocycles. The van der Waals surface area contributed by atoms with E-state index in [0.29, 0.717) is 0 Å². The van der Waals surface area contributed by atoms with Crippen molar-refractivity contribution in [3.8, 4) is 0 Å². The van der Waals surface area contributed by atoms with Gasteiger partial charge in [-0.05, 0) is 13.8 Å². The molecule has 0 aromatic heterocycles. The first-order valence-electron chi connectivity index (χ1n) is 2.48. The van der Waals surface area contributed by atoms with E-state index in [1.54, 1.807) is 6.92 Å². The second kappa shape index (κ2) is 1.41. The third-order valence-corrected chi connectivity index (χ3v) is 2.03. The molecule has 0 aliphatic carbocycles. The van der Waals surface area contributed by atoms with Gasteiger partial charge in [-0.25, -0.2) is 0 Å². The molecular weight excluding hydrogens is 124 g/mol. The molecule has 1 rings (SSSR count). The van der Waals surface area contributed by atoms with E-state index in [9.17, 15) is 4.79 Å². The Labute approximate surface area is 53.6 Å². The lowest BCUT2D eigenvalue weighted by atomic mass is 10.0. The van der Waals surface area contributed by atoms with Gasteiger partial charge in [0.2, 0.25) is 0 Å². The van der Waals surface area contributed by atoms with E-state index in [1.807, 2.05) is 6.92 Å². The summed E-state index contributed by atoms with van der Waals surface area (Å²) in [5.41, 5.74) is 0. The van der Waals surface area contributed by atoms with Gasteiger partial charge in [-0.1, -0.05) is 0 Å². The molecule has 1 saturated heterocycles. The fourth-order valence-electron chi connectivity index (χ4n) is 0.502. The summed E-state index contributed by atoms with van der Waals surface area (Å²) in [4.78, 5) is 10.5. The average Bonchev–Trinajstić information content (AvgIpc) is 1.68. The topological polar surface area (TPSA) is 26.3 Å². The summed E-state index contributed by atoms with van der Waals surface area (Å²) in [5, 5.41) is 0. The van der Waals surface area contributed by atoms with E-state index in [1.165, 1.54) is 0 Å². The third kappa shape index (κ3) is 0.540. The maximum atomic E-state index is 10.5. The molecule has 0 bridgehead atoms. The van der Waals surface area contributed by atoms with Crippen LogP contribution in [-0.2, 0) is 9.53 Å². The Morgan fingerprint density at radius 1 is 1.88 bits per heavy atom. The van der Waals surface area contributed by atoms with Crippen molar-refractivity contribution in [1.29, 1.82) is 0 Å². The van der Waals surface area contributed by atoms with Crippen molar-refractivity contribution in [2.75, 3.05) is 0 Å². The number of esters is 1. The van der Waals surface area contributed by atoms with Gasteiger partial charge in [0.05, 0.1) is 0 Å². The van der Waals surface area contributed by atoms with E-state index < -0.39 is 4.75 Å². The zero-order chi connectivity index (χ0) is 6.36. The van der Waals surface area contributed by atoms with Gasteiger partial charge in [-0.2, -0.15) is 12.6 Å². The summed E-state index contributed by atoms with van der Waals surface area (Å²) in [6.07, 6.45) is -0.0293. The van der Waals surface area contributed by atoms with E-state index in [0.717, 1.165) is 0 Å². The highest BCUT2D eigenvalue weighted by molar-refractivity contribution is 7.82. The first kappa shape index (κ1) is 5.95. The van der Waals surface area contributed by atoms with Gasteiger partial charge < -0.3 is 4.74 Å². The van der Waals surface area contributed by atoms with Crippen LogP contribution in [-0.4, -0.2) is 16.8 Å². The van der Waals surface area contributed by atoms with Crippen molar-refractivity contribution in [2.45, 2.75) is 24.7 Å². The summed E-state index contributed by atoms with van der Waals surface area (Å²) in [7, 11) is 0. The smallest absolute Gasteiger partial charge is 0.325 e. The van der Waals surface area contributed by atoms with Crippen molar-refractivity contribution in [2.24, 2.45) is 0 Å². The zero-order valence-electron chi connectivity index (χ0n) is 4.84. The monoisotopic (exact) mass is 132 g/mol. The number of carbonyl (C=O) groups is 1. The molecule has 0 amide bonds. The van der Waals surface area contributed by atoms with Crippen LogP contribution in [0.5, 0.6) is 0 Å². The predicted molar refractivity (Wildman–Crippen MR) is 32.9 cm³/mol. The first-order valence-corrected chi connectivity index (χ1v) is 2.93. The highest BCUT2D eigenvalue weighted by Crippen LogP contribution is 2.32. The van der Waals surface area contributed by atoms with Crippen LogP contribution < -0.4 is 0 Å². The van der Waals surface area contributed by atoms with Crippen molar-refractivity contribution < 1.29 is 9.53 Å². The molecule has 2 nitrogen and oxygen atoms in total. The summed E-state index contributed by atoms with van der Waals surface area (Å²) >= 11 is 4.06. The van der Waals surface area contributed by atoms with Crippen LogP contribution in [0.2, 0.25) is 0 Å². The van der Waals surface area contributed by atoms with Crippen LogP contribution in [0.25, 0.3) is 0 Å². The molecule has 1 fully saturated rings. The minimum absolute atomic E-state index is 0.0293. The molecule has 1 aliphatic rings. The summed E-state index contributed by atoms with van der Waals surface area (Å²) < 4.78 is 4.11.